The maximum atomic E-state index is 11.5. The molecule has 19 heavy (non-hydrogen) atoms. The molecule has 0 spiro atoms. The highest BCUT2D eigenvalue weighted by atomic mass is 16.5. The van der Waals surface area contributed by atoms with Crippen LogP contribution in [0.1, 0.15) is 34.1 Å². The predicted molar refractivity (Wildman–Crippen MR) is 77.1 cm³/mol. The minimum atomic E-state index is -0.575. The van der Waals surface area contributed by atoms with Crippen LogP contribution in [0.4, 0.5) is 0 Å². The van der Waals surface area contributed by atoms with Gasteiger partial charge < -0.3 is 20.1 Å². The van der Waals surface area contributed by atoms with Gasteiger partial charge in [-0.25, -0.2) is 0 Å². The van der Waals surface area contributed by atoms with E-state index in [1.165, 1.54) is 0 Å². The number of aliphatic hydroxyl groups is 1. The number of carbonyl (C=O) groups excluding carboxylic acids is 1. The molecule has 0 aliphatic rings. The zero-order valence-corrected chi connectivity index (χ0v) is 13.0. The Morgan fingerprint density at radius 3 is 2.53 bits per heavy atom. The van der Waals surface area contributed by atoms with E-state index in [-0.39, 0.29) is 18.6 Å². The molecule has 0 aromatic heterocycles. The number of rotatable bonds is 10. The summed E-state index contributed by atoms with van der Waals surface area (Å²) in [6, 6.07) is 0. The molecule has 0 aromatic rings. The Hall–Kier alpha value is -0.650. The second-order valence-corrected chi connectivity index (χ2v) is 5.47. The maximum Gasteiger partial charge on any atom is 0.236 e. The van der Waals surface area contributed by atoms with Gasteiger partial charge in [0.1, 0.15) is 0 Å². The minimum Gasteiger partial charge on any atom is -0.389 e. The SMILES string of the molecule is CCN(C)C(=O)CNCC(O)COC(C)CC(C)C. The molecule has 0 bridgehead atoms. The minimum absolute atomic E-state index is 0.0313. The quantitative estimate of drug-likeness (QED) is 0.620. The molecule has 0 aliphatic carbocycles. The van der Waals surface area contributed by atoms with Gasteiger partial charge in [-0.2, -0.15) is 0 Å². The lowest BCUT2D eigenvalue weighted by Gasteiger charge is -2.19. The lowest BCUT2D eigenvalue weighted by atomic mass is 10.1. The lowest BCUT2D eigenvalue weighted by molar-refractivity contribution is -0.128. The van der Waals surface area contributed by atoms with E-state index in [9.17, 15) is 9.90 Å². The second kappa shape index (κ2) is 10.2. The van der Waals surface area contributed by atoms with Crippen LogP contribution in [0.2, 0.25) is 0 Å². The van der Waals surface area contributed by atoms with Crippen LogP contribution >= 0.6 is 0 Å². The van der Waals surface area contributed by atoms with Crippen molar-refractivity contribution in [1.29, 1.82) is 0 Å². The summed E-state index contributed by atoms with van der Waals surface area (Å²) in [7, 11) is 1.76. The Labute approximate surface area is 117 Å². The van der Waals surface area contributed by atoms with Crippen molar-refractivity contribution in [1.82, 2.24) is 10.2 Å². The standard InChI is InChI=1S/C14H30N2O3/c1-6-16(5)14(18)9-15-8-13(17)10-19-12(4)7-11(2)3/h11-13,15,17H,6-10H2,1-5H3. The van der Waals surface area contributed by atoms with Gasteiger partial charge >= 0.3 is 0 Å². The number of hydrogen-bond donors (Lipinski definition) is 2. The van der Waals surface area contributed by atoms with Gasteiger partial charge in [-0.15, -0.1) is 0 Å². The van der Waals surface area contributed by atoms with Gasteiger partial charge in [0, 0.05) is 20.1 Å². The summed E-state index contributed by atoms with van der Waals surface area (Å²) in [5, 5.41) is 12.7. The second-order valence-electron chi connectivity index (χ2n) is 5.47. The van der Waals surface area contributed by atoms with Crippen LogP contribution in [-0.2, 0) is 9.53 Å². The summed E-state index contributed by atoms with van der Waals surface area (Å²) in [4.78, 5) is 13.1. The number of carbonyl (C=O) groups is 1. The Balaban J connectivity index is 3.64. The van der Waals surface area contributed by atoms with E-state index in [0.29, 0.717) is 25.6 Å². The molecule has 0 aliphatic heterocycles. The van der Waals surface area contributed by atoms with Crippen molar-refractivity contribution >= 4 is 5.91 Å². The van der Waals surface area contributed by atoms with Crippen LogP contribution in [0.25, 0.3) is 0 Å². The fraction of sp³-hybridized carbons (Fsp3) is 0.929. The first-order valence-corrected chi connectivity index (χ1v) is 7.11. The molecule has 0 saturated carbocycles. The van der Waals surface area contributed by atoms with Crippen molar-refractivity contribution in [3.63, 3.8) is 0 Å². The van der Waals surface area contributed by atoms with E-state index in [1.807, 2.05) is 13.8 Å². The van der Waals surface area contributed by atoms with Gasteiger partial charge in [0.25, 0.3) is 0 Å². The average molecular weight is 274 g/mol. The van der Waals surface area contributed by atoms with Crippen molar-refractivity contribution in [2.24, 2.45) is 5.92 Å². The van der Waals surface area contributed by atoms with Crippen LogP contribution in [0.15, 0.2) is 0 Å². The summed E-state index contributed by atoms with van der Waals surface area (Å²) in [6.07, 6.45) is 0.566. The molecule has 0 rings (SSSR count). The molecule has 0 saturated heterocycles. The Morgan fingerprint density at radius 2 is 2.00 bits per heavy atom. The highest BCUT2D eigenvalue weighted by Gasteiger charge is 2.11. The molecule has 0 fully saturated rings. The number of nitrogens with one attached hydrogen (secondary N) is 1. The molecule has 2 atom stereocenters. The van der Waals surface area contributed by atoms with Crippen LogP contribution in [0.5, 0.6) is 0 Å². The third-order valence-electron chi connectivity index (χ3n) is 2.93. The zero-order chi connectivity index (χ0) is 14.8. The van der Waals surface area contributed by atoms with Crippen molar-refractivity contribution in [2.45, 2.75) is 46.3 Å². The number of likely N-dealkylation sites (N-methyl/N-ethyl adjacent to an activating group) is 1. The monoisotopic (exact) mass is 274 g/mol. The van der Waals surface area contributed by atoms with Crippen LogP contribution in [-0.4, -0.2) is 61.4 Å². The molecule has 0 aromatic carbocycles. The van der Waals surface area contributed by atoms with Gasteiger partial charge in [-0.05, 0) is 26.2 Å². The van der Waals surface area contributed by atoms with E-state index in [4.69, 9.17) is 4.74 Å². The number of amides is 1. The molecular weight excluding hydrogens is 244 g/mol. The fourth-order valence-electron chi connectivity index (χ4n) is 1.72. The van der Waals surface area contributed by atoms with Gasteiger partial charge in [-0.1, -0.05) is 13.8 Å². The molecule has 0 radical (unpaired) electrons. The van der Waals surface area contributed by atoms with Crippen molar-refractivity contribution in [3.05, 3.63) is 0 Å². The Morgan fingerprint density at radius 1 is 1.37 bits per heavy atom. The van der Waals surface area contributed by atoms with Gasteiger partial charge in [-0.3, -0.25) is 4.79 Å². The summed E-state index contributed by atoms with van der Waals surface area (Å²) in [5.41, 5.74) is 0. The summed E-state index contributed by atoms with van der Waals surface area (Å²) in [6.45, 7) is 9.86. The summed E-state index contributed by atoms with van der Waals surface area (Å²) < 4.78 is 5.56. The van der Waals surface area contributed by atoms with Crippen LogP contribution < -0.4 is 5.32 Å². The first kappa shape index (κ1) is 18.4. The van der Waals surface area contributed by atoms with Gasteiger partial charge in [0.15, 0.2) is 0 Å². The highest BCUT2D eigenvalue weighted by Crippen LogP contribution is 2.07. The Bertz CT molecular complexity index is 247. The molecule has 1 amide bonds. The van der Waals surface area contributed by atoms with E-state index >= 15 is 0 Å². The summed E-state index contributed by atoms with van der Waals surface area (Å²) >= 11 is 0. The number of aliphatic hydroxyl groups excluding tert-OH is 1. The zero-order valence-electron chi connectivity index (χ0n) is 13.0. The van der Waals surface area contributed by atoms with Gasteiger partial charge in [0.2, 0.25) is 5.91 Å². The topological polar surface area (TPSA) is 61.8 Å². The first-order chi connectivity index (χ1) is 8.86. The van der Waals surface area contributed by atoms with Crippen molar-refractivity contribution in [2.75, 3.05) is 33.3 Å². The first-order valence-electron chi connectivity index (χ1n) is 7.11. The third-order valence-corrected chi connectivity index (χ3v) is 2.93. The number of nitrogens with zero attached hydrogens (tertiary/aromatic N) is 1. The van der Waals surface area contributed by atoms with E-state index in [2.05, 4.69) is 19.2 Å². The molecular formula is C14H30N2O3. The predicted octanol–water partition coefficient (Wildman–Crippen LogP) is 0.866. The Kier molecular flexibility index (Phi) is 9.83. The maximum absolute atomic E-state index is 11.5. The van der Waals surface area contributed by atoms with Crippen LogP contribution in [0, 0.1) is 5.92 Å². The lowest BCUT2D eigenvalue weighted by Crippen LogP contribution is -2.39. The summed E-state index contributed by atoms with van der Waals surface area (Å²) in [5.74, 6) is 0.622. The van der Waals surface area contributed by atoms with Crippen molar-refractivity contribution in [3.8, 4) is 0 Å². The van der Waals surface area contributed by atoms with Crippen LogP contribution in [0.3, 0.4) is 0 Å². The highest BCUT2D eigenvalue weighted by molar-refractivity contribution is 5.77. The van der Waals surface area contributed by atoms with Crippen molar-refractivity contribution < 1.29 is 14.6 Å². The smallest absolute Gasteiger partial charge is 0.236 e. The molecule has 5 heteroatoms. The largest absolute Gasteiger partial charge is 0.389 e. The molecule has 2 unspecified atom stereocenters. The third kappa shape index (κ3) is 9.87. The number of hydrogen-bond acceptors (Lipinski definition) is 4. The average Bonchev–Trinajstić information content (AvgIpc) is 2.34. The van der Waals surface area contributed by atoms with E-state index in [1.54, 1.807) is 11.9 Å². The van der Waals surface area contributed by atoms with E-state index < -0.39 is 6.10 Å². The molecule has 2 N–H and O–H groups in total. The van der Waals surface area contributed by atoms with Gasteiger partial charge in [0.05, 0.1) is 25.4 Å². The fourth-order valence-corrected chi connectivity index (χ4v) is 1.72. The number of ether oxygens (including phenoxy) is 1. The molecule has 5 nitrogen and oxygen atoms in total. The molecule has 114 valence electrons. The normalized spacial score (nSPS) is 14.5. The molecule has 0 heterocycles. The van der Waals surface area contributed by atoms with E-state index in [0.717, 1.165) is 6.42 Å².